The van der Waals surface area contributed by atoms with E-state index in [1.54, 1.807) is 0 Å². The summed E-state index contributed by atoms with van der Waals surface area (Å²) in [5, 5.41) is 12.1. The zero-order valence-electron chi connectivity index (χ0n) is 15.8. The molecule has 3 atom stereocenters. The SMILES string of the molecule is N#CC1CC(C=O)CN1C(=O)C1CCCN1C(=O)CNCc1ccc(F)cc1F. The van der Waals surface area contributed by atoms with Crippen molar-refractivity contribution >= 4 is 18.1 Å². The second-order valence-corrected chi connectivity index (χ2v) is 7.35. The van der Waals surface area contributed by atoms with Crippen LogP contribution in [0.3, 0.4) is 0 Å². The van der Waals surface area contributed by atoms with Crippen LogP contribution < -0.4 is 5.32 Å². The molecule has 7 nitrogen and oxygen atoms in total. The van der Waals surface area contributed by atoms with Crippen molar-refractivity contribution in [1.29, 1.82) is 5.26 Å². The summed E-state index contributed by atoms with van der Waals surface area (Å²) in [6, 6.07) is 3.97. The van der Waals surface area contributed by atoms with Crippen LogP contribution in [0.2, 0.25) is 0 Å². The van der Waals surface area contributed by atoms with Crippen molar-refractivity contribution < 1.29 is 23.2 Å². The molecule has 1 N–H and O–H groups in total. The van der Waals surface area contributed by atoms with Gasteiger partial charge in [0.1, 0.15) is 30.0 Å². The highest BCUT2D eigenvalue weighted by Crippen LogP contribution is 2.26. The quantitative estimate of drug-likeness (QED) is 0.714. The third-order valence-electron chi connectivity index (χ3n) is 5.42. The molecule has 2 aliphatic heterocycles. The molecule has 0 bridgehead atoms. The Morgan fingerprint density at radius 3 is 2.79 bits per heavy atom. The highest BCUT2D eigenvalue weighted by Gasteiger charge is 2.42. The third kappa shape index (κ3) is 4.59. The van der Waals surface area contributed by atoms with E-state index in [1.165, 1.54) is 15.9 Å². The highest BCUT2D eigenvalue weighted by atomic mass is 19.1. The van der Waals surface area contributed by atoms with Crippen molar-refractivity contribution in [3.8, 4) is 6.07 Å². The van der Waals surface area contributed by atoms with Gasteiger partial charge in [-0.2, -0.15) is 5.26 Å². The standard InChI is InChI=1S/C20H22F2N4O3/c21-15-4-3-14(17(22)7-15)9-24-10-19(28)25-5-1-2-18(25)20(29)26-11-13(12-27)6-16(26)8-23/h3-4,7,12-13,16,18,24H,1-2,5-6,9-11H2. The Kier molecular flexibility index (Phi) is 6.54. The fourth-order valence-corrected chi connectivity index (χ4v) is 3.92. The van der Waals surface area contributed by atoms with E-state index in [4.69, 9.17) is 0 Å². The van der Waals surface area contributed by atoms with Crippen LogP contribution in [0.1, 0.15) is 24.8 Å². The molecule has 2 aliphatic rings. The maximum atomic E-state index is 13.7. The van der Waals surface area contributed by atoms with E-state index in [1.807, 2.05) is 0 Å². The average Bonchev–Trinajstić information content (AvgIpc) is 3.36. The molecule has 154 valence electrons. The van der Waals surface area contributed by atoms with Crippen molar-refractivity contribution in [2.24, 2.45) is 5.92 Å². The summed E-state index contributed by atoms with van der Waals surface area (Å²) in [5.74, 6) is -2.34. The summed E-state index contributed by atoms with van der Waals surface area (Å²) in [7, 11) is 0. The minimum atomic E-state index is -0.694. The lowest BCUT2D eigenvalue weighted by molar-refractivity contribution is -0.143. The Hall–Kier alpha value is -2.86. The molecule has 0 spiro atoms. The Morgan fingerprint density at radius 2 is 2.10 bits per heavy atom. The number of rotatable bonds is 6. The van der Waals surface area contributed by atoms with Gasteiger partial charge in [0, 0.05) is 37.2 Å². The van der Waals surface area contributed by atoms with Gasteiger partial charge >= 0.3 is 0 Å². The van der Waals surface area contributed by atoms with E-state index in [9.17, 15) is 28.4 Å². The Bertz CT molecular complexity index is 842. The molecule has 2 amide bonds. The normalized spacial score (nSPS) is 23.8. The molecule has 29 heavy (non-hydrogen) atoms. The zero-order valence-corrected chi connectivity index (χ0v) is 15.8. The lowest BCUT2D eigenvalue weighted by Gasteiger charge is -2.29. The van der Waals surface area contributed by atoms with Crippen molar-refractivity contribution in [2.45, 2.75) is 37.9 Å². The molecule has 3 rings (SSSR count). The van der Waals surface area contributed by atoms with Crippen LogP contribution in [0.4, 0.5) is 8.78 Å². The first-order chi connectivity index (χ1) is 13.9. The monoisotopic (exact) mass is 404 g/mol. The molecule has 1 aromatic rings. The first-order valence-electron chi connectivity index (χ1n) is 9.54. The number of halogens is 2. The van der Waals surface area contributed by atoms with E-state index in [2.05, 4.69) is 11.4 Å². The van der Waals surface area contributed by atoms with E-state index in [-0.39, 0.29) is 42.9 Å². The number of carbonyl (C=O) groups excluding carboxylic acids is 3. The van der Waals surface area contributed by atoms with Crippen LogP contribution in [-0.4, -0.2) is 59.6 Å². The van der Waals surface area contributed by atoms with E-state index in [0.717, 1.165) is 18.4 Å². The second kappa shape index (κ2) is 9.09. The van der Waals surface area contributed by atoms with Gasteiger partial charge in [-0.25, -0.2) is 8.78 Å². The lowest BCUT2D eigenvalue weighted by atomic mass is 10.1. The maximum Gasteiger partial charge on any atom is 0.246 e. The minimum Gasteiger partial charge on any atom is -0.330 e. The molecular weight excluding hydrogens is 382 g/mol. The smallest absolute Gasteiger partial charge is 0.246 e. The largest absolute Gasteiger partial charge is 0.330 e. The molecule has 0 radical (unpaired) electrons. The molecule has 2 saturated heterocycles. The number of aldehydes is 1. The van der Waals surface area contributed by atoms with Crippen LogP contribution in [-0.2, 0) is 20.9 Å². The van der Waals surface area contributed by atoms with Gasteiger partial charge in [0.15, 0.2) is 0 Å². The van der Waals surface area contributed by atoms with Crippen LogP contribution in [0.15, 0.2) is 18.2 Å². The number of benzene rings is 1. The molecule has 9 heteroatoms. The molecule has 0 saturated carbocycles. The Balaban J connectivity index is 1.58. The molecule has 2 fully saturated rings. The average molecular weight is 404 g/mol. The van der Waals surface area contributed by atoms with Gasteiger partial charge in [-0.3, -0.25) is 9.59 Å². The zero-order chi connectivity index (χ0) is 21.0. The van der Waals surface area contributed by atoms with Crippen molar-refractivity contribution in [1.82, 2.24) is 15.1 Å². The molecule has 0 aliphatic carbocycles. The van der Waals surface area contributed by atoms with E-state index >= 15 is 0 Å². The third-order valence-corrected chi connectivity index (χ3v) is 5.42. The minimum absolute atomic E-state index is 0.0496. The summed E-state index contributed by atoms with van der Waals surface area (Å²) >= 11 is 0. The molecule has 0 aromatic heterocycles. The van der Waals surface area contributed by atoms with Crippen LogP contribution in [0.5, 0.6) is 0 Å². The molecule has 3 unspecified atom stereocenters. The molecule has 1 aromatic carbocycles. The predicted octanol–water partition coefficient (Wildman–Crippen LogP) is 0.985. The Labute approximate surface area is 167 Å². The number of amides is 2. The topological polar surface area (TPSA) is 93.5 Å². The first-order valence-corrected chi connectivity index (χ1v) is 9.54. The predicted molar refractivity (Wildman–Crippen MR) is 98.1 cm³/mol. The van der Waals surface area contributed by atoms with Gasteiger partial charge in [0.05, 0.1) is 12.6 Å². The van der Waals surface area contributed by atoms with Crippen molar-refractivity contribution in [3.63, 3.8) is 0 Å². The second-order valence-electron chi connectivity index (χ2n) is 7.35. The maximum absolute atomic E-state index is 13.7. The number of hydrogen-bond acceptors (Lipinski definition) is 5. The van der Waals surface area contributed by atoms with E-state index < -0.39 is 23.7 Å². The number of nitrogens with zero attached hydrogens (tertiary/aromatic N) is 3. The highest BCUT2D eigenvalue weighted by molar-refractivity contribution is 5.89. The van der Waals surface area contributed by atoms with Crippen LogP contribution in [0, 0.1) is 28.9 Å². The summed E-state index contributed by atoms with van der Waals surface area (Å²) < 4.78 is 26.6. The van der Waals surface area contributed by atoms with Crippen LogP contribution in [0.25, 0.3) is 0 Å². The van der Waals surface area contributed by atoms with Gasteiger partial charge in [0.2, 0.25) is 11.8 Å². The van der Waals surface area contributed by atoms with Gasteiger partial charge < -0.3 is 19.9 Å². The molecule has 2 heterocycles. The van der Waals surface area contributed by atoms with E-state index in [0.29, 0.717) is 25.8 Å². The number of nitrogens with one attached hydrogen (secondary N) is 1. The lowest BCUT2D eigenvalue weighted by Crippen LogP contribution is -2.50. The fourth-order valence-electron chi connectivity index (χ4n) is 3.92. The van der Waals surface area contributed by atoms with Crippen LogP contribution >= 0.6 is 0 Å². The van der Waals surface area contributed by atoms with Gasteiger partial charge in [0.25, 0.3) is 0 Å². The van der Waals surface area contributed by atoms with Gasteiger partial charge in [-0.1, -0.05) is 6.07 Å². The first kappa shape index (κ1) is 20.9. The fraction of sp³-hybridized carbons (Fsp3) is 0.500. The summed E-state index contributed by atoms with van der Waals surface area (Å²) in [6.45, 7) is 0.568. The van der Waals surface area contributed by atoms with Crippen molar-refractivity contribution in [2.75, 3.05) is 19.6 Å². The van der Waals surface area contributed by atoms with Gasteiger partial charge in [-0.15, -0.1) is 0 Å². The van der Waals surface area contributed by atoms with Crippen molar-refractivity contribution in [3.05, 3.63) is 35.4 Å². The summed E-state index contributed by atoms with van der Waals surface area (Å²) in [5.41, 5.74) is 0.238. The molecular formula is C20H22F2N4O3. The van der Waals surface area contributed by atoms with Gasteiger partial charge in [-0.05, 0) is 25.3 Å². The Morgan fingerprint density at radius 1 is 1.31 bits per heavy atom. The summed E-state index contributed by atoms with van der Waals surface area (Å²) in [6.07, 6.45) is 2.24. The number of likely N-dealkylation sites (tertiary alicyclic amines) is 2. The summed E-state index contributed by atoms with van der Waals surface area (Å²) in [4.78, 5) is 39.4. The number of hydrogen-bond donors (Lipinski definition) is 1. The number of carbonyl (C=O) groups is 3. The number of nitriles is 1.